The molecule has 3 N–H and O–H groups in total. The van der Waals surface area contributed by atoms with Gasteiger partial charge in [-0.25, -0.2) is 4.79 Å². The zero-order chi connectivity index (χ0) is 21.8. The Bertz CT molecular complexity index is 1120. The number of fused-ring (bicyclic) bond motifs is 1. The molecule has 1 aliphatic heterocycles. The van der Waals surface area contributed by atoms with Crippen molar-refractivity contribution in [1.29, 1.82) is 0 Å². The van der Waals surface area contributed by atoms with Gasteiger partial charge in [0.05, 0.1) is 11.2 Å². The van der Waals surface area contributed by atoms with Crippen LogP contribution in [0.1, 0.15) is 16.8 Å². The number of benzene rings is 1. The molecule has 1 saturated heterocycles. The number of hydrogen-bond donors (Lipinski definition) is 3. The number of aromatic nitrogens is 2. The van der Waals surface area contributed by atoms with E-state index in [9.17, 15) is 14.7 Å². The van der Waals surface area contributed by atoms with Crippen LogP contribution in [0.2, 0.25) is 0 Å². The first kappa shape index (κ1) is 20.5. The molecule has 0 saturated carbocycles. The van der Waals surface area contributed by atoms with Gasteiger partial charge in [-0.15, -0.1) is 0 Å². The normalized spacial score (nSPS) is 18.2. The summed E-state index contributed by atoms with van der Waals surface area (Å²) < 4.78 is 5.11. The van der Waals surface area contributed by atoms with Gasteiger partial charge in [-0.2, -0.15) is 0 Å². The quantitative estimate of drug-likeness (QED) is 0.523. The van der Waals surface area contributed by atoms with Gasteiger partial charge in [-0.1, -0.05) is 6.07 Å². The third-order valence-corrected chi connectivity index (χ3v) is 5.18. The first-order valence-corrected chi connectivity index (χ1v) is 9.83. The highest BCUT2D eigenvalue weighted by molar-refractivity contribution is 5.94. The molecular formula is C22H22N4O5. The van der Waals surface area contributed by atoms with Gasteiger partial charge in [0.15, 0.2) is 6.61 Å². The molecular weight excluding hydrogens is 400 g/mol. The number of carbonyl (C=O) groups excluding carboxylic acids is 1. The maximum absolute atomic E-state index is 12.5. The Morgan fingerprint density at radius 1 is 1.16 bits per heavy atom. The number of carboxylic acids is 1. The first-order valence-electron chi connectivity index (χ1n) is 9.83. The van der Waals surface area contributed by atoms with Crippen molar-refractivity contribution >= 4 is 28.6 Å². The highest BCUT2D eigenvalue weighted by atomic mass is 16.5. The van der Waals surface area contributed by atoms with Gasteiger partial charge in [0.25, 0.3) is 5.91 Å². The average Bonchev–Trinajstić information content (AvgIpc) is 3.18. The lowest BCUT2D eigenvalue weighted by molar-refractivity contribution is -0.139. The monoisotopic (exact) mass is 422 g/mol. The van der Waals surface area contributed by atoms with Crippen molar-refractivity contribution in [2.75, 3.05) is 31.1 Å². The van der Waals surface area contributed by atoms with E-state index < -0.39 is 18.2 Å². The minimum Gasteiger partial charge on any atom is -0.482 e. The number of nitrogens with one attached hydrogen (secondary N) is 1. The van der Waals surface area contributed by atoms with E-state index in [0.29, 0.717) is 25.1 Å². The molecule has 1 amide bonds. The number of aliphatic carboxylic acids is 1. The highest BCUT2D eigenvalue weighted by Crippen LogP contribution is 2.30. The number of pyridine rings is 2. The number of anilines is 1. The average molecular weight is 422 g/mol. The maximum atomic E-state index is 12.5. The predicted octanol–water partition coefficient (Wildman–Crippen LogP) is 1.46. The number of rotatable bonds is 7. The van der Waals surface area contributed by atoms with Crippen LogP contribution in [0, 0.1) is 0 Å². The van der Waals surface area contributed by atoms with Crippen molar-refractivity contribution < 1.29 is 24.5 Å². The summed E-state index contributed by atoms with van der Waals surface area (Å²) in [6.45, 7) is 0.573. The molecule has 3 aromatic rings. The van der Waals surface area contributed by atoms with Crippen molar-refractivity contribution in [2.24, 2.45) is 0 Å². The van der Waals surface area contributed by atoms with Crippen molar-refractivity contribution in [1.82, 2.24) is 15.3 Å². The summed E-state index contributed by atoms with van der Waals surface area (Å²) in [6.07, 6.45) is 3.92. The molecule has 160 valence electrons. The van der Waals surface area contributed by atoms with E-state index in [2.05, 4.69) is 15.3 Å². The van der Waals surface area contributed by atoms with Crippen molar-refractivity contribution in [3.63, 3.8) is 0 Å². The summed E-state index contributed by atoms with van der Waals surface area (Å²) in [7, 11) is 0. The molecule has 0 bridgehead atoms. The fraction of sp³-hybridized carbons (Fsp3) is 0.273. The number of aliphatic hydroxyl groups is 1. The zero-order valence-corrected chi connectivity index (χ0v) is 16.7. The molecule has 9 nitrogen and oxygen atoms in total. The fourth-order valence-electron chi connectivity index (χ4n) is 3.65. The van der Waals surface area contributed by atoms with Crippen molar-refractivity contribution in [2.45, 2.75) is 12.0 Å². The number of β-amino-alcohol motifs (C(OH)–C–C–N with tert-alkyl or cyclic N) is 1. The Kier molecular flexibility index (Phi) is 5.68. The minimum atomic E-state index is -1.10. The van der Waals surface area contributed by atoms with Gasteiger partial charge in [0, 0.05) is 37.6 Å². The lowest BCUT2D eigenvalue weighted by atomic mass is 10.0. The van der Waals surface area contributed by atoms with E-state index in [0.717, 1.165) is 16.7 Å². The van der Waals surface area contributed by atoms with Gasteiger partial charge in [0.2, 0.25) is 0 Å². The molecule has 1 atom stereocenters. The Hall–Kier alpha value is -3.72. The summed E-state index contributed by atoms with van der Waals surface area (Å²) >= 11 is 0. The van der Waals surface area contributed by atoms with E-state index in [-0.39, 0.29) is 18.2 Å². The van der Waals surface area contributed by atoms with E-state index in [4.69, 9.17) is 9.84 Å². The van der Waals surface area contributed by atoms with Gasteiger partial charge >= 0.3 is 5.97 Å². The highest BCUT2D eigenvalue weighted by Gasteiger charge is 2.37. The second kappa shape index (κ2) is 8.57. The van der Waals surface area contributed by atoms with Crippen LogP contribution in [0.15, 0.2) is 54.9 Å². The molecule has 4 rings (SSSR count). The van der Waals surface area contributed by atoms with Crippen LogP contribution in [0.25, 0.3) is 11.0 Å². The molecule has 0 spiro atoms. The summed E-state index contributed by atoms with van der Waals surface area (Å²) in [4.78, 5) is 34.0. The molecule has 1 aromatic carbocycles. The fourth-order valence-corrected chi connectivity index (χ4v) is 3.65. The molecule has 0 radical (unpaired) electrons. The Morgan fingerprint density at radius 3 is 2.87 bits per heavy atom. The van der Waals surface area contributed by atoms with Gasteiger partial charge in [0.1, 0.15) is 16.9 Å². The second-order valence-corrected chi connectivity index (χ2v) is 7.49. The van der Waals surface area contributed by atoms with Crippen molar-refractivity contribution in [3.05, 3.63) is 60.4 Å². The second-order valence-electron chi connectivity index (χ2n) is 7.49. The summed E-state index contributed by atoms with van der Waals surface area (Å²) in [5.41, 5.74) is 1.70. The van der Waals surface area contributed by atoms with Crippen LogP contribution in [0.3, 0.4) is 0 Å². The first-order chi connectivity index (χ1) is 14.9. The Balaban J connectivity index is 1.39. The lowest BCUT2D eigenvalue weighted by Gasteiger charge is -2.25. The third kappa shape index (κ3) is 4.72. The number of ether oxygens (including phenoxy) is 1. The SMILES string of the molecule is O=C(O)COc1cccc(C(=O)NC[C@@]2(O)CCN(c3ccnc4cccnc34)C2)c1. The zero-order valence-electron chi connectivity index (χ0n) is 16.7. The molecule has 1 aliphatic rings. The van der Waals surface area contributed by atoms with Crippen LogP contribution >= 0.6 is 0 Å². The van der Waals surface area contributed by atoms with Gasteiger partial charge in [-0.05, 0) is 42.8 Å². The number of nitrogens with zero attached hydrogens (tertiary/aromatic N) is 3. The molecule has 9 heteroatoms. The summed E-state index contributed by atoms with van der Waals surface area (Å²) in [5.74, 6) is -1.18. The van der Waals surface area contributed by atoms with Gasteiger partial charge in [-0.3, -0.25) is 14.8 Å². The summed E-state index contributed by atoms with van der Waals surface area (Å²) in [6, 6.07) is 11.9. The van der Waals surface area contributed by atoms with Crippen LogP contribution < -0.4 is 15.0 Å². The van der Waals surface area contributed by atoms with E-state index in [1.54, 1.807) is 30.6 Å². The minimum absolute atomic E-state index is 0.0823. The largest absolute Gasteiger partial charge is 0.482 e. The molecule has 0 aliphatic carbocycles. The maximum Gasteiger partial charge on any atom is 0.341 e. The Labute approximate surface area is 178 Å². The molecule has 1 fully saturated rings. The van der Waals surface area contributed by atoms with Gasteiger partial charge < -0.3 is 25.2 Å². The van der Waals surface area contributed by atoms with Crippen molar-refractivity contribution in [3.8, 4) is 5.75 Å². The predicted molar refractivity (Wildman–Crippen MR) is 113 cm³/mol. The van der Waals surface area contributed by atoms with Crippen LogP contribution in [-0.2, 0) is 4.79 Å². The number of hydrogen-bond acceptors (Lipinski definition) is 7. The molecule has 0 unspecified atom stereocenters. The van der Waals surface area contributed by atoms with E-state index >= 15 is 0 Å². The van der Waals surface area contributed by atoms with Crippen LogP contribution in [0.4, 0.5) is 5.69 Å². The van der Waals surface area contributed by atoms with E-state index in [1.807, 2.05) is 23.1 Å². The smallest absolute Gasteiger partial charge is 0.341 e. The molecule has 31 heavy (non-hydrogen) atoms. The molecule has 2 aromatic heterocycles. The lowest BCUT2D eigenvalue weighted by Crippen LogP contribution is -2.45. The molecule has 3 heterocycles. The topological polar surface area (TPSA) is 125 Å². The van der Waals surface area contributed by atoms with Crippen LogP contribution in [0.5, 0.6) is 5.75 Å². The number of carbonyl (C=O) groups is 2. The standard InChI is InChI=1S/C22H22N4O5/c27-19(28)12-31-16-4-1-3-15(11-16)21(29)25-13-22(30)7-10-26(14-22)18-6-9-23-17-5-2-8-24-20(17)18/h1-6,8-9,11,30H,7,10,12-14H2,(H,25,29)(H,27,28)/t22-/m0/s1. The number of amides is 1. The summed E-state index contributed by atoms with van der Waals surface area (Å²) in [5, 5.41) is 22.5. The van der Waals surface area contributed by atoms with E-state index in [1.165, 1.54) is 6.07 Å². The third-order valence-electron chi connectivity index (χ3n) is 5.18. The number of carboxylic acid groups (broad SMARTS) is 1. The Morgan fingerprint density at radius 2 is 2.03 bits per heavy atom. The van der Waals surface area contributed by atoms with Crippen LogP contribution in [-0.4, -0.2) is 63.9 Å².